The summed E-state index contributed by atoms with van der Waals surface area (Å²) in [6.45, 7) is 0.853. The Morgan fingerprint density at radius 3 is 2.21 bits per heavy atom. The molecule has 0 spiro atoms. The van der Waals surface area contributed by atoms with E-state index in [-0.39, 0.29) is 5.56 Å². The lowest BCUT2D eigenvalue weighted by Gasteiger charge is -2.40. The molecule has 3 aromatic rings. The highest BCUT2D eigenvalue weighted by Gasteiger charge is 2.52. The zero-order chi connectivity index (χ0) is 19.6. The molecule has 1 aliphatic rings. The van der Waals surface area contributed by atoms with E-state index < -0.39 is 17.7 Å². The van der Waals surface area contributed by atoms with Crippen LogP contribution >= 0.6 is 0 Å². The number of carbonyl (C=O) groups excluding carboxylic acids is 1. The minimum atomic E-state index is -3.54. The van der Waals surface area contributed by atoms with Gasteiger partial charge in [-0.3, -0.25) is 9.69 Å². The lowest BCUT2D eigenvalue weighted by molar-refractivity contribution is -0.0621. The van der Waals surface area contributed by atoms with Crippen LogP contribution in [0.1, 0.15) is 33.1 Å². The minimum Gasteiger partial charge on any atom is -0.287 e. The highest BCUT2D eigenvalue weighted by molar-refractivity contribution is 6.02. The average Bonchev–Trinajstić information content (AvgIpc) is 2.74. The first-order valence-electron chi connectivity index (χ1n) is 9.41. The maximum Gasteiger partial charge on any atom is 0.328 e. The van der Waals surface area contributed by atoms with Crippen LogP contribution in [-0.2, 0) is 13.0 Å². The van der Waals surface area contributed by atoms with Gasteiger partial charge < -0.3 is 0 Å². The number of rotatable bonds is 5. The quantitative estimate of drug-likeness (QED) is 0.562. The van der Waals surface area contributed by atoms with Gasteiger partial charge in [-0.1, -0.05) is 84.9 Å². The molecule has 1 aliphatic heterocycles. The number of fused-ring (bicyclic) bond motifs is 1. The van der Waals surface area contributed by atoms with Gasteiger partial charge in [0.1, 0.15) is 6.04 Å². The Morgan fingerprint density at radius 1 is 0.893 bits per heavy atom. The van der Waals surface area contributed by atoms with Crippen molar-refractivity contribution in [3.63, 3.8) is 0 Å². The average molecular weight is 377 g/mol. The number of halogens is 2. The second-order valence-corrected chi connectivity index (χ2v) is 7.13. The predicted octanol–water partition coefficient (Wildman–Crippen LogP) is 5.30. The number of hydrogen-bond acceptors (Lipinski definition) is 2. The normalized spacial score (nSPS) is 17.1. The Kier molecular flexibility index (Phi) is 5.05. The van der Waals surface area contributed by atoms with Gasteiger partial charge in [0, 0.05) is 18.7 Å². The van der Waals surface area contributed by atoms with Crippen LogP contribution in [0.4, 0.5) is 8.78 Å². The van der Waals surface area contributed by atoms with Crippen LogP contribution in [0.3, 0.4) is 0 Å². The monoisotopic (exact) mass is 377 g/mol. The van der Waals surface area contributed by atoms with Gasteiger partial charge >= 0.3 is 5.92 Å². The third-order valence-corrected chi connectivity index (χ3v) is 5.29. The standard InChI is InChI=1S/C24H21F2NO/c25-24(26,23(28)20-12-5-2-6-13-20)22-21-14-8-7-11-19(21)15-16-27(22)17-18-9-3-1-4-10-18/h1-14,22H,15-17H2. The molecule has 0 saturated heterocycles. The van der Waals surface area contributed by atoms with E-state index in [9.17, 15) is 4.79 Å². The largest absolute Gasteiger partial charge is 0.328 e. The summed E-state index contributed by atoms with van der Waals surface area (Å²) in [5.41, 5.74) is 2.42. The van der Waals surface area contributed by atoms with Crippen molar-refractivity contribution in [1.29, 1.82) is 0 Å². The fraction of sp³-hybridized carbons (Fsp3) is 0.208. The van der Waals surface area contributed by atoms with Crippen molar-refractivity contribution in [3.8, 4) is 0 Å². The minimum absolute atomic E-state index is 0.0372. The summed E-state index contributed by atoms with van der Waals surface area (Å²) in [6, 6.07) is 23.3. The topological polar surface area (TPSA) is 20.3 Å². The molecular weight excluding hydrogens is 356 g/mol. The zero-order valence-corrected chi connectivity index (χ0v) is 15.4. The first-order chi connectivity index (χ1) is 13.6. The SMILES string of the molecule is O=C(c1ccccc1)C(F)(F)C1c2ccccc2CCN1Cc1ccccc1. The number of ketones is 1. The van der Waals surface area contributed by atoms with Gasteiger partial charge in [0.15, 0.2) is 0 Å². The smallest absolute Gasteiger partial charge is 0.287 e. The Hall–Kier alpha value is -2.85. The van der Waals surface area contributed by atoms with E-state index in [2.05, 4.69) is 0 Å². The molecule has 28 heavy (non-hydrogen) atoms. The van der Waals surface area contributed by atoms with E-state index in [1.54, 1.807) is 35.2 Å². The Balaban J connectivity index is 1.75. The van der Waals surface area contributed by atoms with Crippen LogP contribution in [0.25, 0.3) is 0 Å². The second-order valence-electron chi connectivity index (χ2n) is 7.13. The van der Waals surface area contributed by atoms with E-state index >= 15 is 8.78 Å². The number of carbonyl (C=O) groups is 1. The molecule has 142 valence electrons. The predicted molar refractivity (Wildman–Crippen MR) is 105 cm³/mol. The van der Waals surface area contributed by atoms with Crippen molar-refractivity contribution in [2.24, 2.45) is 0 Å². The molecule has 3 aromatic carbocycles. The number of benzene rings is 3. The van der Waals surface area contributed by atoms with E-state index in [1.165, 1.54) is 12.1 Å². The van der Waals surface area contributed by atoms with E-state index in [0.29, 0.717) is 25.1 Å². The summed E-state index contributed by atoms with van der Waals surface area (Å²) in [5.74, 6) is -4.67. The van der Waals surface area contributed by atoms with Crippen LogP contribution in [0.5, 0.6) is 0 Å². The molecule has 1 unspecified atom stereocenters. The summed E-state index contributed by atoms with van der Waals surface area (Å²) < 4.78 is 31.3. The first-order valence-corrected chi connectivity index (χ1v) is 9.41. The van der Waals surface area contributed by atoms with Crippen molar-refractivity contribution in [2.45, 2.75) is 24.9 Å². The third-order valence-electron chi connectivity index (χ3n) is 5.29. The second kappa shape index (κ2) is 7.64. The number of alkyl halides is 2. The third kappa shape index (κ3) is 3.48. The summed E-state index contributed by atoms with van der Waals surface area (Å²) in [6.07, 6.45) is 0.690. The molecule has 0 N–H and O–H groups in total. The van der Waals surface area contributed by atoms with Crippen LogP contribution in [0, 0.1) is 0 Å². The van der Waals surface area contributed by atoms with Gasteiger partial charge in [0.25, 0.3) is 0 Å². The highest BCUT2D eigenvalue weighted by atomic mass is 19.3. The fourth-order valence-corrected chi connectivity index (χ4v) is 3.94. The van der Waals surface area contributed by atoms with Gasteiger partial charge in [-0.15, -0.1) is 0 Å². The van der Waals surface area contributed by atoms with Gasteiger partial charge in [-0.2, -0.15) is 8.78 Å². The van der Waals surface area contributed by atoms with E-state index in [1.807, 2.05) is 42.5 Å². The maximum atomic E-state index is 15.6. The highest BCUT2D eigenvalue weighted by Crippen LogP contribution is 2.43. The van der Waals surface area contributed by atoms with Gasteiger partial charge in [0.2, 0.25) is 5.78 Å². The van der Waals surface area contributed by atoms with Crippen molar-refractivity contribution < 1.29 is 13.6 Å². The van der Waals surface area contributed by atoms with E-state index in [0.717, 1.165) is 11.1 Å². The number of hydrogen-bond donors (Lipinski definition) is 0. The molecule has 0 aromatic heterocycles. The van der Waals surface area contributed by atoms with E-state index in [4.69, 9.17) is 0 Å². The van der Waals surface area contributed by atoms with Gasteiger partial charge in [-0.25, -0.2) is 0 Å². The number of nitrogens with zero attached hydrogens (tertiary/aromatic N) is 1. The molecular formula is C24H21F2NO. The van der Waals surface area contributed by atoms with Crippen molar-refractivity contribution in [2.75, 3.05) is 6.54 Å². The summed E-state index contributed by atoms with van der Waals surface area (Å²) in [4.78, 5) is 14.5. The molecule has 1 heterocycles. The van der Waals surface area contributed by atoms with Crippen molar-refractivity contribution >= 4 is 5.78 Å². The van der Waals surface area contributed by atoms with Crippen LogP contribution < -0.4 is 0 Å². The van der Waals surface area contributed by atoms with Crippen molar-refractivity contribution in [1.82, 2.24) is 4.90 Å². The lowest BCUT2D eigenvalue weighted by Crippen LogP contribution is -2.48. The summed E-state index contributed by atoms with van der Waals surface area (Å²) >= 11 is 0. The molecule has 4 heteroatoms. The Labute approximate surface area is 163 Å². The Bertz CT molecular complexity index is 957. The summed E-state index contributed by atoms with van der Waals surface area (Å²) in [5, 5.41) is 0. The molecule has 2 nitrogen and oxygen atoms in total. The molecule has 0 bridgehead atoms. The zero-order valence-electron chi connectivity index (χ0n) is 15.4. The maximum absolute atomic E-state index is 15.6. The summed E-state index contributed by atoms with van der Waals surface area (Å²) in [7, 11) is 0. The Morgan fingerprint density at radius 2 is 1.50 bits per heavy atom. The molecule has 0 fully saturated rings. The molecule has 0 aliphatic carbocycles. The van der Waals surface area contributed by atoms with Crippen LogP contribution in [0.15, 0.2) is 84.9 Å². The molecule has 0 saturated carbocycles. The van der Waals surface area contributed by atoms with Crippen molar-refractivity contribution in [3.05, 3.63) is 107 Å². The number of Topliss-reactive ketones (excluding diaryl/α,β-unsaturated/α-hetero) is 1. The first kappa shape index (κ1) is 18.5. The van der Waals surface area contributed by atoms with Crippen LogP contribution in [-0.4, -0.2) is 23.2 Å². The van der Waals surface area contributed by atoms with Gasteiger partial charge in [-0.05, 0) is 23.1 Å². The molecule has 1 atom stereocenters. The fourth-order valence-electron chi connectivity index (χ4n) is 3.94. The molecule has 0 radical (unpaired) electrons. The lowest BCUT2D eigenvalue weighted by atomic mass is 9.85. The van der Waals surface area contributed by atoms with Gasteiger partial charge in [0.05, 0.1) is 0 Å². The van der Waals surface area contributed by atoms with Crippen LogP contribution in [0.2, 0.25) is 0 Å². The molecule has 0 amide bonds. The molecule has 4 rings (SSSR count).